The summed E-state index contributed by atoms with van der Waals surface area (Å²) in [6.07, 6.45) is 2.14. The number of rotatable bonds is 3. The summed E-state index contributed by atoms with van der Waals surface area (Å²) in [6.45, 7) is 0.581. The van der Waals surface area contributed by atoms with Gasteiger partial charge in [-0.15, -0.1) is 0 Å². The van der Waals surface area contributed by atoms with Crippen LogP contribution in [0.5, 0.6) is 0 Å². The molecule has 0 aromatic heterocycles. The normalized spacial score (nSPS) is 19.4. The predicted octanol–water partition coefficient (Wildman–Crippen LogP) is 1.69. The Morgan fingerprint density at radius 2 is 2.16 bits per heavy atom. The molecule has 6 nitrogen and oxygen atoms in total. The molecule has 6 heteroatoms. The zero-order chi connectivity index (χ0) is 13.8. The summed E-state index contributed by atoms with van der Waals surface area (Å²) in [4.78, 5) is 34.2. The Morgan fingerprint density at radius 1 is 1.37 bits per heavy atom. The quantitative estimate of drug-likeness (QED) is 0.388. The Labute approximate surface area is 110 Å². The van der Waals surface area contributed by atoms with Crippen LogP contribution in [0.2, 0.25) is 0 Å². The van der Waals surface area contributed by atoms with Crippen LogP contribution < -0.4 is 5.32 Å². The number of ketones is 1. The van der Waals surface area contributed by atoms with E-state index in [1.807, 2.05) is 0 Å². The number of nitrogens with zero attached hydrogens (tertiary/aromatic N) is 1. The molecule has 1 aliphatic heterocycles. The molecule has 1 fully saturated rings. The first-order chi connectivity index (χ1) is 9.09. The van der Waals surface area contributed by atoms with Crippen LogP contribution in [0.15, 0.2) is 24.3 Å². The first-order valence-electron chi connectivity index (χ1n) is 6.16. The van der Waals surface area contributed by atoms with Crippen LogP contribution in [0, 0.1) is 16.0 Å². The van der Waals surface area contributed by atoms with Crippen LogP contribution in [0.1, 0.15) is 29.6 Å². The Balaban J connectivity index is 2.25. The fourth-order valence-corrected chi connectivity index (χ4v) is 2.16. The lowest BCUT2D eigenvalue weighted by atomic mass is 9.92. The van der Waals surface area contributed by atoms with E-state index in [1.54, 1.807) is 0 Å². The second-order valence-electron chi connectivity index (χ2n) is 4.51. The number of carbonyl (C=O) groups is 2. The molecule has 100 valence electrons. The molecular formula is C13H14N2O4. The fourth-order valence-electron chi connectivity index (χ4n) is 2.16. The van der Waals surface area contributed by atoms with Gasteiger partial charge in [0.2, 0.25) is 5.91 Å². The lowest BCUT2D eigenvalue weighted by molar-refractivity contribution is -0.384. The average molecular weight is 262 g/mol. The van der Waals surface area contributed by atoms with E-state index in [0.717, 1.165) is 12.8 Å². The van der Waals surface area contributed by atoms with Crippen LogP contribution in [-0.4, -0.2) is 23.2 Å². The second kappa shape index (κ2) is 5.60. The summed E-state index contributed by atoms with van der Waals surface area (Å²) < 4.78 is 0. The molecule has 1 heterocycles. The van der Waals surface area contributed by atoms with Crippen LogP contribution in [0.4, 0.5) is 5.69 Å². The van der Waals surface area contributed by atoms with Gasteiger partial charge in [0.15, 0.2) is 5.78 Å². The number of benzene rings is 1. The third-order valence-electron chi connectivity index (χ3n) is 3.19. The molecule has 1 amide bonds. The zero-order valence-electron chi connectivity index (χ0n) is 10.3. The molecule has 0 radical (unpaired) electrons. The first-order valence-corrected chi connectivity index (χ1v) is 6.16. The number of nitro groups is 1. The number of non-ortho nitro benzene ring substituents is 1. The highest BCUT2D eigenvalue weighted by molar-refractivity contribution is 6.10. The Kier molecular flexibility index (Phi) is 3.89. The maximum Gasteiger partial charge on any atom is 0.270 e. The van der Waals surface area contributed by atoms with Gasteiger partial charge in [0, 0.05) is 24.2 Å². The van der Waals surface area contributed by atoms with Gasteiger partial charge in [-0.25, -0.2) is 0 Å². The summed E-state index contributed by atoms with van der Waals surface area (Å²) >= 11 is 0. The minimum atomic E-state index is -0.732. The van der Waals surface area contributed by atoms with Crippen LogP contribution >= 0.6 is 0 Å². The first kappa shape index (κ1) is 13.2. The largest absolute Gasteiger partial charge is 0.355 e. The summed E-state index contributed by atoms with van der Waals surface area (Å²) in [7, 11) is 0. The van der Waals surface area contributed by atoms with Crippen LogP contribution in [-0.2, 0) is 4.79 Å². The maximum absolute atomic E-state index is 12.3. The fraction of sp³-hybridized carbons (Fsp3) is 0.385. The van der Waals surface area contributed by atoms with Crippen molar-refractivity contribution in [3.05, 3.63) is 39.9 Å². The molecule has 1 saturated heterocycles. The van der Waals surface area contributed by atoms with Crippen molar-refractivity contribution >= 4 is 17.4 Å². The number of amides is 1. The SMILES string of the molecule is O=C1NCCCCC1C(=O)c1cccc([N+](=O)[O-])c1. The molecule has 1 atom stereocenters. The highest BCUT2D eigenvalue weighted by Crippen LogP contribution is 2.21. The van der Waals surface area contributed by atoms with Gasteiger partial charge in [-0.05, 0) is 12.8 Å². The monoisotopic (exact) mass is 262 g/mol. The molecule has 0 spiro atoms. The van der Waals surface area contributed by atoms with Gasteiger partial charge in [-0.2, -0.15) is 0 Å². The van der Waals surface area contributed by atoms with Crippen molar-refractivity contribution in [1.29, 1.82) is 0 Å². The Hall–Kier alpha value is -2.24. The number of nitro benzene ring substituents is 1. The van der Waals surface area contributed by atoms with Gasteiger partial charge < -0.3 is 5.32 Å². The minimum Gasteiger partial charge on any atom is -0.355 e. The third kappa shape index (κ3) is 2.96. The highest BCUT2D eigenvalue weighted by Gasteiger charge is 2.29. The van der Waals surface area contributed by atoms with Crippen molar-refractivity contribution < 1.29 is 14.5 Å². The molecule has 1 aromatic carbocycles. The number of carbonyl (C=O) groups excluding carboxylic acids is 2. The standard InChI is InChI=1S/C13H14N2O4/c16-12(11-6-1-2-7-14-13(11)17)9-4-3-5-10(8-9)15(18)19/h3-5,8,11H,1-2,6-7H2,(H,14,17). The summed E-state index contributed by atoms with van der Waals surface area (Å²) in [5.74, 6) is -1.36. The molecule has 0 bridgehead atoms. The van der Waals surface area contributed by atoms with Crippen LogP contribution in [0.3, 0.4) is 0 Å². The van der Waals surface area contributed by atoms with Crippen molar-refractivity contribution in [2.75, 3.05) is 6.54 Å². The van der Waals surface area contributed by atoms with E-state index in [4.69, 9.17) is 0 Å². The number of hydrogen-bond acceptors (Lipinski definition) is 4. The smallest absolute Gasteiger partial charge is 0.270 e. The number of Topliss-reactive ketones (excluding diaryl/α,β-unsaturated/α-hetero) is 1. The average Bonchev–Trinajstić information content (AvgIpc) is 2.63. The van der Waals surface area contributed by atoms with Gasteiger partial charge in [0.25, 0.3) is 5.69 Å². The predicted molar refractivity (Wildman–Crippen MR) is 67.8 cm³/mol. The van der Waals surface area contributed by atoms with E-state index >= 15 is 0 Å². The van der Waals surface area contributed by atoms with E-state index < -0.39 is 10.8 Å². The number of nitrogens with one attached hydrogen (secondary N) is 1. The van der Waals surface area contributed by atoms with Crippen molar-refractivity contribution in [2.24, 2.45) is 5.92 Å². The third-order valence-corrected chi connectivity index (χ3v) is 3.19. The van der Waals surface area contributed by atoms with Crippen LogP contribution in [0.25, 0.3) is 0 Å². The van der Waals surface area contributed by atoms with Crippen molar-refractivity contribution in [2.45, 2.75) is 19.3 Å². The van der Waals surface area contributed by atoms with Crippen molar-refractivity contribution in [3.8, 4) is 0 Å². The zero-order valence-corrected chi connectivity index (χ0v) is 10.3. The van der Waals surface area contributed by atoms with Crippen molar-refractivity contribution in [3.63, 3.8) is 0 Å². The van der Waals surface area contributed by atoms with Gasteiger partial charge in [-0.1, -0.05) is 18.6 Å². The second-order valence-corrected chi connectivity index (χ2v) is 4.51. The van der Waals surface area contributed by atoms with Gasteiger partial charge in [0.05, 0.1) is 4.92 Å². The van der Waals surface area contributed by atoms with Crippen molar-refractivity contribution in [1.82, 2.24) is 5.32 Å². The minimum absolute atomic E-state index is 0.139. The maximum atomic E-state index is 12.3. The Bertz CT molecular complexity index is 527. The molecule has 1 N–H and O–H groups in total. The van der Waals surface area contributed by atoms with Gasteiger partial charge in [0.1, 0.15) is 5.92 Å². The Morgan fingerprint density at radius 3 is 2.89 bits per heavy atom. The number of hydrogen-bond donors (Lipinski definition) is 1. The van der Waals surface area contributed by atoms with E-state index in [9.17, 15) is 19.7 Å². The highest BCUT2D eigenvalue weighted by atomic mass is 16.6. The lowest BCUT2D eigenvalue weighted by Crippen LogP contribution is -2.33. The summed E-state index contributed by atoms with van der Waals surface area (Å²) in [6, 6.07) is 5.51. The molecule has 2 rings (SSSR count). The van der Waals surface area contributed by atoms with E-state index in [2.05, 4.69) is 5.32 Å². The summed E-state index contributed by atoms with van der Waals surface area (Å²) in [5.41, 5.74) is 0.0798. The molecule has 1 aromatic rings. The molecule has 1 unspecified atom stereocenters. The van der Waals surface area contributed by atoms with E-state index in [0.29, 0.717) is 13.0 Å². The molecule has 0 saturated carbocycles. The van der Waals surface area contributed by atoms with Gasteiger partial charge in [-0.3, -0.25) is 19.7 Å². The molecule has 1 aliphatic rings. The molecule has 19 heavy (non-hydrogen) atoms. The summed E-state index contributed by atoms with van der Waals surface area (Å²) in [5, 5.41) is 13.4. The molecule has 0 aliphatic carbocycles. The van der Waals surface area contributed by atoms with Gasteiger partial charge >= 0.3 is 0 Å². The van der Waals surface area contributed by atoms with E-state index in [1.165, 1.54) is 24.3 Å². The lowest BCUT2D eigenvalue weighted by Gasteiger charge is -2.11. The van der Waals surface area contributed by atoms with E-state index in [-0.39, 0.29) is 22.9 Å². The topological polar surface area (TPSA) is 89.3 Å². The molecular weight excluding hydrogens is 248 g/mol.